The van der Waals surface area contributed by atoms with Crippen molar-refractivity contribution in [3.05, 3.63) is 94.4 Å². The molecule has 0 aromatic heterocycles. The van der Waals surface area contributed by atoms with Gasteiger partial charge in [0.05, 0.1) is 24.6 Å². The van der Waals surface area contributed by atoms with Gasteiger partial charge in [0, 0.05) is 36.8 Å². The molecular formula is C30H30N4O2S2. The topological polar surface area (TPSA) is 48.4 Å². The van der Waals surface area contributed by atoms with Crippen LogP contribution in [0.5, 0.6) is 0 Å². The number of carbonyl (C=O) groups is 1. The van der Waals surface area contributed by atoms with E-state index in [1.165, 1.54) is 27.9 Å². The highest BCUT2D eigenvalue weighted by Gasteiger charge is 2.39. The van der Waals surface area contributed by atoms with Crippen LogP contribution in [0.1, 0.15) is 12.5 Å². The molecule has 0 unspecified atom stereocenters. The Hall–Kier alpha value is -3.20. The van der Waals surface area contributed by atoms with Crippen LogP contribution >= 0.6 is 23.5 Å². The lowest BCUT2D eigenvalue weighted by atomic mass is 10.1. The van der Waals surface area contributed by atoms with Crippen LogP contribution in [-0.4, -0.2) is 55.4 Å². The summed E-state index contributed by atoms with van der Waals surface area (Å²) in [6.45, 7) is 6.83. The van der Waals surface area contributed by atoms with Crippen molar-refractivity contribution in [3.8, 4) is 0 Å². The van der Waals surface area contributed by atoms with E-state index in [0.717, 1.165) is 65.7 Å². The quantitative estimate of drug-likeness (QED) is 0.349. The predicted octanol–water partition coefficient (Wildman–Crippen LogP) is 6.13. The second-order valence-corrected chi connectivity index (χ2v) is 11.3. The first-order valence-corrected chi connectivity index (χ1v) is 14.7. The first-order valence-electron chi connectivity index (χ1n) is 13.0. The molecule has 38 heavy (non-hydrogen) atoms. The van der Waals surface area contributed by atoms with Gasteiger partial charge in [-0.3, -0.25) is 9.69 Å². The molecule has 2 fully saturated rings. The lowest BCUT2D eigenvalue weighted by molar-refractivity contribution is -0.122. The van der Waals surface area contributed by atoms with Crippen molar-refractivity contribution in [3.63, 3.8) is 0 Å². The van der Waals surface area contributed by atoms with Crippen molar-refractivity contribution >= 4 is 51.7 Å². The fraction of sp³-hybridized carbons (Fsp3) is 0.267. The number of amidine groups is 1. The van der Waals surface area contributed by atoms with Gasteiger partial charge < -0.3 is 14.5 Å². The molecule has 0 saturated carbocycles. The zero-order valence-electron chi connectivity index (χ0n) is 21.4. The van der Waals surface area contributed by atoms with E-state index < -0.39 is 0 Å². The summed E-state index contributed by atoms with van der Waals surface area (Å²) in [6.07, 6.45) is 0.773. The lowest BCUT2D eigenvalue weighted by Crippen LogP contribution is -2.36. The van der Waals surface area contributed by atoms with E-state index in [9.17, 15) is 4.79 Å². The van der Waals surface area contributed by atoms with E-state index in [1.54, 1.807) is 11.8 Å². The van der Waals surface area contributed by atoms with Gasteiger partial charge in [-0.25, -0.2) is 4.99 Å². The molecular weight excluding hydrogens is 512 g/mol. The summed E-state index contributed by atoms with van der Waals surface area (Å²) < 4.78 is 5.49. The Kier molecular flexibility index (Phi) is 7.44. The minimum absolute atomic E-state index is 0.0309. The van der Waals surface area contributed by atoms with Crippen LogP contribution in [-0.2, 0) is 16.0 Å². The van der Waals surface area contributed by atoms with Gasteiger partial charge in [0.1, 0.15) is 9.93 Å². The summed E-state index contributed by atoms with van der Waals surface area (Å²) in [5, 5.41) is 1.74. The van der Waals surface area contributed by atoms with Crippen LogP contribution in [0.2, 0.25) is 0 Å². The Bertz CT molecular complexity index is 1370. The second kappa shape index (κ2) is 11.3. The fourth-order valence-corrected chi connectivity index (χ4v) is 7.31. The van der Waals surface area contributed by atoms with Crippen molar-refractivity contribution in [2.75, 3.05) is 49.2 Å². The number of benzene rings is 3. The van der Waals surface area contributed by atoms with E-state index in [2.05, 4.69) is 65.3 Å². The van der Waals surface area contributed by atoms with Gasteiger partial charge in [-0.15, -0.1) is 0 Å². The number of anilines is 2. The number of thioether (sulfide) groups is 2. The first kappa shape index (κ1) is 25.1. The van der Waals surface area contributed by atoms with Gasteiger partial charge in [-0.1, -0.05) is 54.2 Å². The largest absolute Gasteiger partial charge is 0.378 e. The molecule has 0 atom stereocenters. The number of hydrogen-bond donors (Lipinski definition) is 0. The number of morpholine rings is 1. The number of amides is 1. The SMILES string of the molecule is CCN1/C(=C2/SC(=Nc3ccc(N4CCOCC4)cc3)N(CCc3ccccc3)C2=O)Sc2ccccc21. The number of fused-ring (bicyclic) bond motifs is 1. The van der Waals surface area contributed by atoms with Gasteiger partial charge in [0.2, 0.25) is 0 Å². The highest BCUT2D eigenvalue weighted by molar-refractivity contribution is 8.19. The molecule has 3 aliphatic rings. The van der Waals surface area contributed by atoms with Gasteiger partial charge in [-0.2, -0.15) is 0 Å². The number of carbonyl (C=O) groups excluding carboxylic acids is 1. The molecule has 0 radical (unpaired) electrons. The molecule has 1 amide bonds. The molecule has 6 rings (SSSR count). The molecule has 0 spiro atoms. The van der Waals surface area contributed by atoms with E-state index in [4.69, 9.17) is 9.73 Å². The summed E-state index contributed by atoms with van der Waals surface area (Å²) in [7, 11) is 0. The summed E-state index contributed by atoms with van der Waals surface area (Å²) >= 11 is 3.17. The summed E-state index contributed by atoms with van der Waals surface area (Å²) in [4.78, 5) is 27.3. The molecule has 3 aromatic carbocycles. The number of para-hydroxylation sites is 1. The van der Waals surface area contributed by atoms with Crippen molar-refractivity contribution in [1.29, 1.82) is 0 Å². The maximum Gasteiger partial charge on any atom is 0.269 e. The molecule has 2 saturated heterocycles. The molecule has 8 heteroatoms. The smallest absolute Gasteiger partial charge is 0.269 e. The average molecular weight is 543 g/mol. The Labute approximate surface area is 232 Å². The molecule has 3 heterocycles. The van der Waals surface area contributed by atoms with Crippen LogP contribution < -0.4 is 9.80 Å². The number of aliphatic imine (C=N–C) groups is 1. The average Bonchev–Trinajstić information content (AvgIpc) is 3.49. The number of hydrogen-bond acceptors (Lipinski definition) is 7. The third-order valence-corrected chi connectivity index (χ3v) is 9.28. The molecule has 0 aliphatic carbocycles. The van der Waals surface area contributed by atoms with Crippen LogP contribution in [0.3, 0.4) is 0 Å². The number of rotatable bonds is 6. The van der Waals surface area contributed by atoms with Crippen molar-refractivity contribution in [2.24, 2.45) is 4.99 Å². The first-order chi connectivity index (χ1) is 18.7. The molecule has 194 valence electrons. The van der Waals surface area contributed by atoms with Crippen LogP contribution in [0.4, 0.5) is 17.1 Å². The van der Waals surface area contributed by atoms with Gasteiger partial charge in [0.25, 0.3) is 5.91 Å². The molecule has 3 aromatic rings. The third-order valence-electron chi connectivity index (χ3n) is 6.90. The monoisotopic (exact) mass is 542 g/mol. The van der Waals surface area contributed by atoms with Crippen LogP contribution in [0.15, 0.2) is 98.7 Å². The maximum atomic E-state index is 13.9. The normalized spacial score (nSPS) is 20.5. The zero-order chi connectivity index (χ0) is 25.9. The maximum absolute atomic E-state index is 13.9. The lowest BCUT2D eigenvalue weighted by Gasteiger charge is -2.28. The summed E-state index contributed by atoms with van der Waals surface area (Å²) in [5.41, 5.74) is 4.40. The molecule has 6 nitrogen and oxygen atoms in total. The second-order valence-electron chi connectivity index (χ2n) is 9.25. The summed E-state index contributed by atoms with van der Waals surface area (Å²) in [5.74, 6) is 0.0309. The number of nitrogens with zero attached hydrogens (tertiary/aromatic N) is 4. The molecule has 3 aliphatic heterocycles. The van der Waals surface area contributed by atoms with E-state index in [0.29, 0.717) is 6.54 Å². The fourth-order valence-electron chi connectivity index (χ4n) is 4.89. The van der Waals surface area contributed by atoms with Crippen LogP contribution in [0.25, 0.3) is 0 Å². The van der Waals surface area contributed by atoms with Gasteiger partial charge in [0.15, 0.2) is 5.17 Å². The Morgan fingerprint density at radius 1 is 0.868 bits per heavy atom. The molecule has 0 bridgehead atoms. The van der Waals surface area contributed by atoms with E-state index in [1.807, 2.05) is 35.2 Å². The van der Waals surface area contributed by atoms with Crippen molar-refractivity contribution in [2.45, 2.75) is 18.2 Å². The zero-order valence-corrected chi connectivity index (χ0v) is 23.0. The Balaban J connectivity index is 1.31. The Morgan fingerprint density at radius 3 is 2.37 bits per heavy atom. The highest BCUT2D eigenvalue weighted by atomic mass is 32.2. The highest BCUT2D eigenvalue weighted by Crippen LogP contribution is 2.50. The summed E-state index contributed by atoms with van der Waals surface area (Å²) in [6, 6.07) is 27.0. The minimum atomic E-state index is 0.0309. The van der Waals surface area contributed by atoms with Crippen LogP contribution in [0, 0.1) is 0 Å². The van der Waals surface area contributed by atoms with Gasteiger partial charge >= 0.3 is 0 Å². The standard InChI is InChI=1S/C30H30N4O2S2/c1-2-33-25-10-6-7-11-26(25)37-29(33)27-28(35)34(17-16-22-8-4-3-5-9-22)30(38-27)31-23-12-14-24(15-13-23)32-18-20-36-21-19-32/h3-15H,2,16-21H2,1H3/b29-27-,31-30?. The van der Waals surface area contributed by atoms with Gasteiger partial charge in [-0.05, 0) is 67.1 Å². The predicted molar refractivity (Wildman–Crippen MR) is 158 cm³/mol. The third kappa shape index (κ3) is 5.08. The Morgan fingerprint density at radius 2 is 1.61 bits per heavy atom. The number of ether oxygens (including phenoxy) is 1. The molecule has 0 N–H and O–H groups in total. The van der Waals surface area contributed by atoms with Crippen molar-refractivity contribution < 1.29 is 9.53 Å². The minimum Gasteiger partial charge on any atom is -0.378 e. The van der Waals surface area contributed by atoms with Crippen molar-refractivity contribution in [1.82, 2.24) is 4.90 Å². The van der Waals surface area contributed by atoms with E-state index >= 15 is 0 Å². The van der Waals surface area contributed by atoms with E-state index in [-0.39, 0.29) is 5.91 Å².